The van der Waals surface area contributed by atoms with Crippen molar-refractivity contribution in [3.63, 3.8) is 0 Å². The van der Waals surface area contributed by atoms with Gasteiger partial charge in [0.25, 0.3) is 5.91 Å². The fourth-order valence-electron chi connectivity index (χ4n) is 3.66. The van der Waals surface area contributed by atoms with Crippen LogP contribution in [0.25, 0.3) is 5.69 Å². The van der Waals surface area contributed by atoms with Gasteiger partial charge in [0.1, 0.15) is 23.3 Å². The van der Waals surface area contributed by atoms with E-state index >= 15 is 0 Å². The highest BCUT2D eigenvalue weighted by molar-refractivity contribution is 5.93. The van der Waals surface area contributed by atoms with E-state index in [0.717, 1.165) is 31.1 Å². The Morgan fingerprint density at radius 1 is 1.23 bits per heavy atom. The van der Waals surface area contributed by atoms with Crippen molar-refractivity contribution < 1.29 is 14.3 Å². The third-order valence-corrected chi connectivity index (χ3v) is 5.10. The van der Waals surface area contributed by atoms with E-state index in [1.165, 1.54) is 5.56 Å². The molecule has 3 aromatic rings. The van der Waals surface area contributed by atoms with Gasteiger partial charge in [-0.25, -0.2) is 4.68 Å². The Labute approximate surface area is 176 Å². The predicted molar refractivity (Wildman–Crippen MR) is 114 cm³/mol. The van der Waals surface area contributed by atoms with Crippen LogP contribution < -0.4 is 14.8 Å². The number of ether oxygens (including phenoxy) is 2. The summed E-state index contributed by atoms with van der Waals surface area (Å²) in [5.41, 5.74) is 2.47. The number of rotatable bonds is 6. The third kappa shape index (κ3) is 4.46. The zero-order chi connectivity index (χ0) is 20.9. The van der Waals surface area contributed by atoms with Gasteiger partial charge in [0.15, 0.2) is 0 Å². The van der Waals surface area contributed by atoms with Crippen LogP contribution in [0.5, 0.6) is 11.5 Å². The molecule has 1 N–H and O–H groups in total. The van der Waals surface area contributed by atoms with Crippen LogP contribution in [0.15, 0.2) is 60.9 Å². The topological polar surface area (TPSA) is 68.6 Å². The van der Waals surface area contributed by atoms with Crippen molar-refractivity contribution in [3.8, 4) is 17.2 Å². The fraction of sp³-hybridized carbons (Fsp3) is 0.304. The normalized spacial score (nSPS) is 16.3. The van der Waals surface area contributed by atoms with E-state index in [-0.39, 0.29) is 12.0 Å². The number of carbonyl (C=O) groups excluding carboxylic acids is 1. The van der Waals surface area contributed by atoms with E-state index in [9.17, 15) is 4.79 Å². The summed E-state index contributed by atoms with van der Waals surface area (Å²) in [4.78, 5) is 14.9. The molecule has 156 valence electrons. The second-order valence-electron chi connectivity index (χ2n) is 7.37. The zero-order valence-electron chi connectivity index (χ0n) is 17.2. The summed E-state index contributed by atoms with van der Waals surface area (Å²) in [5.74, 6) is 1.50. The Balaban J connectivity index is 1.35. The maximum Gasteiger partial charge on any atom is 0.254 e. The van der Waals surface area contributed by atoms with E-state index in [2.05, 4.69) is 28.3 Å². The van der Waals surface area contributed by atoms with E-state index in [0.29, 0.717) is 17.9 Å². The first-order chi connectivity index (χ1) is 14.6. The average Bonchev–Trinajstić information content (AvgIpc) is 3.18. The number of aromatic nitrogens is 2. The lowest BCUT2D eigenvalue weighted by molar-refractivity contribution is 0.0944. The van der Waals surface area contributed by atoms with Crippen LogP contribution in [0.2, 0.25) is 0 Å². The molecule has 2 heterocycles. The zero-order valence-corrected chi connectivity index (χ0v) is 17.2. The highest BCUT2D eigenvalue weighted by atomic mass is 16.5. The second kappa shape index (κ2) is 9.00. The summed E-state index contributed by atoms with van der Waals surface area (Å²) in [5, 5.41) is 7.30. The number of methoxy groups -OCH3 is 1. The lowest BCUT2D eigenvalue weighted by Gasteiger charge is -2.21. The molecular formula is C23H26N4O3. The van der Waals surface area contributed by atoms with Gasteiger partial charge in [-0.3, -0.25) is 9.69 Å². The summed E-state index contributed by atoms with van der Waals surface area (Å²) in [6, 6.07) is 15.7. The Hall–Kier alpha value is -3.32. The quantitative estimate of drug-likeness (QED) is 0.682. The number of para-hydroxylation sites is 3. The highest BCUT2D eigenvalue weighted by Gasteiger charge is 2.20. The summed E-state index contributed by atoms with van der Waals surface area (Å²) in [6.07, 6.45) is 3.38. The minimum Gasteiger partial charge on any atom is -0.494 e. The van der Waals surface area contributed by atoms with Crippen LogP contribution >= 0.6 is 0 Å². The van der Waals surface area contributed by atoms with Crippen LogP contribution in [0.1, 0.15) is 22.8 Å². The monoisotopic (exact) mass is 406 g/mol. The number of amides is 1. The lowest BCUT2D eigenvalue weighted by Crippen LogP contribution is -2.37. The van der Waals surface area contributed by atoms with Crippen LogP contribution in [0.4, 0.5) is 0 Å². The lowest BCUT2D eigenvalue weighted by atomic mass is 10.2. The molecular weight excluding hydrogens is 380 g/mol. The third-order valence-electron chi connectivity index (χ3n) is 5.10. The minimum atomic E-state index is -0.143. The average molecular weight is 406 g/mol. The summed E-state index contributed by atoms with van der Waals surface area (Å²) in [6.45, 7) is 4.99. The predicted octanol–water partition coefficient (Wildman–Crippen LogP) is 2.89. The summed E-state index contributed by atoms with van der Waals surface area (Å²) < 4.78 is 13.0. The highest BCUT2D eigenvalue weighted by Crippen LogP contribution is 2.24. The second-order valence-corrected chi connectivity index (χ2v) is 7.37. The number of fused-ring (bicyclic) bond motifs is 1. The molecule has 0 spiro atoms. The molecule has 1 atom stereocenters. The Morgan fingerprint density at radius 2 is 2.03 bits per heavy atom. The Kier molecular flexibility index (Phi) is 5.99. The van der Waals surface area contributed by atoms with Crippen LogP contribution in [-0.4, -0.2) is 53.4 Å². The Bertz CT molecular complexity index is 1020. The molecule has 4 rings (SSSR count). The molecule has 7 heteroatoms. The van der Waals surface area contributed by atoms with E-state index < -0.39 is 0 Å². The first-order valence-electron chi connectivity index (χ1n) is 10.1. The molecule has 0 radical (unpaired) electrons. The van der Waals surface area contributed by atoms with Gasteiger partial charge >= 0.3 is 0 Å². The molecule has 2 aromatic carbocycles. The van der Waals surface area contributed by atoms with Gasteiger partial charge in [0.05, 0.1) is 18.9 Å². The number of hydrogen-bond acceptors (Lipinski definition) is 5. The molecule has 0 aliphatic carbocycles. The van der Waals surface area contributed by atoms with Gasteiger partial charge in [-0.15, -0.1) is 0 Å². The molecule has 30 heavy (non-hydrogen) atoms. The van der Waals surface area contributed by atoms with Crippen LogP contribution in [0.3, 0.4) is 0 Å². The molecule has 7 nitrogen and oxygen atoms in total. The van der Waals surface area contributed by atoms with Crippen LogP contribution in [-0.2, 0) is 6.54 Å². The molecule has 0 saturated heterocycles. The van der Waals surface area contributed by atoms with Gasteiger partial charge < -0.3 is 14.8 Å². The van der Waals surface area contributed by atoms with E-state index in [4.69, 9.17) is 9.47 Å². The number of benzene rings is 2. The van der Waals surface area contributed by atoms with Gasteiger partial charge in [-0.05, 0) is 25.1 Å². The fourth-order valence-corrected chi connectivity index (χ4v) is 3.66. The van der Waals surface area contributed by atoms with Gasteiger partial charge in [-0.1, -0.05) is 30.3 Å². The molecule has 0 bridgehead atoms. The molecule has 1 amide bonds. The van der Waals surface area contributed by atoms with Crippen molar-refractivity contribution in [3.05, 3.63) is 72.1 Å². The van der Waals surface area contributed by atoms with Gasteiger partial charge in [0.2, 0.25) is 0 Å². The Morgan fingerprint density at radius 3 is 2.90 bits per heavy atom. The van der Waals surface area contributed by atoms with Crippen LogP contribution in [0, 0.1) is 0 Å². The molecule has 0 unspecified atom stereocenters. The first kappa shape index (κ1) is 20.0. The van der Waals surface area contributed by atoms with Gasteiger partial charge in [-0.2, -0.15) is 5.10 Å². The van der Waals surface area contributed by atoms with Crippen molar-refractivity contribution >= 4 is 5.91 Å². The van der Waals surface area contributed by atoms with E-state index in [1.54, 1.807) is 24.2 Å². The number of hydrogen-bond donors (Lipinski definition) is 1. The molecule has 1 aliphatic rings. The SMILES string of the molecule is COc1ccccc1-n1cc(C(=O)NCCN2Cc3ccccc3O[C@H](C)C2)cn1. The largest absolute Gasteiger partial charge is 0.494 e. The minimum absolute atomic E-state index is 0.100. The smallest absolute Gasteiger partial charge is 0.254 e. The number of carbonyl (C=O) groups is 1. The maximum atomic E-state index is 12.6. The van der Waals surface area contributed by atoms with Crippen molar-refractivity contribution in [1.82, 2.24) is 20.0 Å². The maximum absolute atomic E-state index is 12.6. The van der Waals surface area contributed by atoms with E-state index in [1.807, 2.05) is 42.5 Å². The first-order valence-corrected chi connectivity index (χ1v) is 10.1. The molecule has 0 fully saturated rings. The van der Waals surface area contributed by atoms with Gasteiger partial charge in [0, 0.05) is 37.9 Å². The van der Waals surface area contributed by atoms with Crippen molar-refractivity contribution in [2.45, 2.75) is 19.6 Å². The number of nitrogens with one attached hydrogen (secondary N) is 1. The summed E-state index contributed by atoms with van der Waals surface area (Å²) >= 11 is 0. The number of nitrogens with zero attached hydrogens (tertiary/aromatic N) is 3. The standard InChI is InChI=1S/C23H26N4O3/c1-17-14-26(15-18-7-3-5-9-21(18)30-17)12-11-24-23(28)19-13-25-27(16-19)20-8-4-6-10-22(20)29-2/h3-10,13,16-17H,11-12,14-15H2,1-2H3,(H,24,28)/t17-/m1/s1. The summed E-state index contributed by atoms with van der Waals surface area (Å²) in [7, 11) is 1.61. The molecule has 1 aromatic heterocycles. The van der Waals surface area contributed by atoms with Crippen molar-refractivity contribution in [2.75, 3.05) is 26.7 Å². The molecule has 0 saturated carbocycles. The van der Waals surface area contributed by atoms with Crippen molar-refractivity contribution in [1.29, 1.82) is 0 Å². The van der Waals surface area contributed by atoms with Crippen molar-refractivity contribution in [2.24, 2.45) is 0 Å². The molecule has 1 aliphatic heterocycles.